The van der Waals surface area contributed by atoms with Crippen molar-refractivity contribution in [3.05, 3.63) is 23.8 Å². The predicted molar refractivity (Wildman–Crippen MR) is 116 cm³/mol. The monoisotopic (exact) mass is 484 g/mol. The summed E-state index contributed by atoms with van der Waals surface area (Å²) < 4.78 is 21.1. The van der Waals surface area contributed by atoms with Crippen LogP contribution in [0.3, 0.4) is 0 Å². The van der Waals surface area contributed by atoms with Crippen LogP contribution in [0, 0.1) is 28.6 Å². The Morgan fingerprint density at radius 3 is 2.55 bits per heavy atom. The molecule has 4 aliphatic carbocycles. The number of carbonyl (C=O) groups is 3. The average Bonchev–Trinajstić information content (AvgIpc) is 2.93. The van der Waals surface area contributed by atoms with E-state index in [1.54, 1.807) is 20.8 Å². The second-order valence-electron chi connectivity index (χ2n) is 10.6. The standard InChI is InChI=1S/C24H30ClFO7/c1-11-7-14-18-20(31)19(30)15-8-13(28)5-6-21(15,3)23(18,25)16(26)9-22(14,4)24(11,32)17(29)10-33-12(2)27/h5-6,8,11,14,16,18-20,30-32H,7,9-10H2,1-4H3/t11-,14-,16-,18+,19-,20+,21-,22-,23+,24-/m0/s1. The Balaban J connectivity index is 1.84. The predicted octanol–water partition coefficient (Wildman–Crippen LogP) is 1.65. The molecule has 0 radical (unpaired) electrons. The fourth-order valence-corrected chi connectivity index (χ4v) is 7.91. The van der Waals surface area contributed by atoms with Crippen molar-refractivity contribution in [3.63, 3.8) is 0 Å². The van der Waals surface area contributed by atoms with E-state index < -0.39 is 75.8 Å². The summed E-state index contributed by atoms with van der Waals surface area (Å²) in [4.78, 5) is 34.6. The molecule has 10 atom stereocenters. The molecule has 0 aromatic rings. The molecule has 4 rings (SSSR count). The maximum Gasteiger partial charge on any atom is 0.303 e. The molecular formula is C24H30ClFO7. The van der Waals surface area contributed by atoms with Crippen molar-refractivity contribution < 1.29 is 38.8 Å². The molecule has 33 heavy (non-hydrogen) atoms. The van der Waals surface area contributed by atoms with Gasteiger partial charge in [-0.2, -0.15) is 0 Å². The van der Waals surface area contributed by atoms with Gasteiger partial charge in [-0.05, 0) is 42.4 Å². The van der Waals surface area contributed by atoms with Gasteiger partial charge in [-0.15, -0.1) is 11.6 Å². The Morgan fingerprint density at radius 2 is 1.94 bits per heavy atom. The van der Waals surface area contributed by atoms with E-state index in [0.717, 1.165) is 6.92 Å². The highest BCUT2D eigenvalue weighted by atomic mass is 35.5. The van der Waals surface area contributed by atoms with Crippen molar-refractivity contribution in [1.82, 2.24) is 0 Å². The van der Waals surface area contributed by atoms with E-state index in [1.165, 1.54) is 18.2 Å². The van der Waals surface area contributed by atoms with E-state index in [0.29, 0.717) is 0 Å². The highest BCUT2D eigenvalue weighted by Crippen LogP contribution is 2.71. The van der Waals surface area contributed by atoms with Crippen molar-refractivity contribution >= 4 is 29.1 Å². The average molecular weight is 485 g/mol. The highest BCUT2D eigenvalue weighted by molar-refractivity contribution is 6.26. The van der Waals surface area contributed by atoms with E-state index >= 15 is 4.39 Å². The Hall–Kier alpha value is -1.61. The van der Waals surface area contributed by atoms with Gasteiger partial charge in [-0.25, -0.2) is 4.39 Å². The Kier molecular flexibility index (Phi) is 5.53. The number of ketones is 2. The van der Waals surface area contributed by atoms with E-state index in [1.807, 2.05) is 0 Å². The zero-order chi connectivity index (χ0) is 24.7. The number of Topliss-reactive ketones (excluding diaryl/α,β-unsaturated/α-hetero) is 1. The molecule has 3 N–H and O–H groups in total. The van der Waals surface area contributed by atoms with Gasteiger partial charge >= 0.3 is 5.97 Å². The number of hydrogen-bond donors (Lipinski definition) is 3. The van der Waals surface area contributed by atoms with Crippen LogP contribution >= 0.6 is 11.6 Å². The first-order valence-corrected chi connectivity index (χ1v) is 11.6. The first kappa shape index (κ1) is 24.5. The van der Waals surface area contributed by atoms with Gasteiger partial charge in [0.25, 0.3) is 0 Å². The fraction of sp³-hybridized carbons (Fsp3) is 0.708. The molecule has 0 aliphatic heterocycles. The van der Waals surface area contributed by atoms with Gasteiger partial charge in [0.1, 0.15) is 17.9 Å². The molecule has 0 amide bonds. The maximum absolute atomic E-state index is 16.3. The molecule has 182 valence electrons. The molecule has 0 saturated heterocycles. The fourth-order valence-electron chi connectivity index (χ4n) is 7.38. The summed E-state index contributed by atoms with van der Waals surface area (Å²) in [7, 11) is 0. The molecule has 0 heterocycles. The third kappa shape index (κ3) is 2.87. The molecule has 0 spiro atoms. The van der Waals surface area contributed by atoms with Gasteiger partial charge in [0.15, 0.2) is 12.4 Å². The highest BCUT2D eigenvalue weighted by Gasteiger charge is 2.77. The minimum absolute atomic E-state index is 0.159. The SMILES string of the molecule is CC(=O)OCC(=O)[C@@]1(O)[C@@H](C)C[C@H]2[C@@H]3[C@@H](O)[C@@H](O)C4=CC(=O)C=C[C@]4(C)[C@@]3(Cl)[C@@H](F)C[C@@]21C. The summed E-state index contributed by atoms with van der Waals surface area (Å²) in [6.45, 7) is 5.41. The van der Waals surface area contributed by atoms with E-state index in [2.05, 4.69) is 0 Å². The van der Waals surface area contributed by atoms with Gasteiger partial charge in [-0.1, -0.05) is 26.8 Å². The Morgan fingerprint density at radius 1 is 1.30 bits per heavy atom. The van der Waals surface area contributed by atoms with Crippen LogP contribution in [0.4, 0.5) is 4.39 Å². The lowest BCUT2D eigenvalue weighted by Gasteiger charge is -2.65. The number of halogens is 2. The van der Waals surface area contributed by atoms with Crippen LogP contribution in [-0.4, -0.2) is 68.3 Å². The summed E-state index contributed by atoms with van der Waals surface area (Å²) in [5.41, 5.74) is -4.46. The topological polar surface area (TPSA) is 121 Å². The van der Waals surface area contributed by atoms with Crippen LogP contribution in [0.1, 0.15) is 40.5 Å². The molecule has 0 unspecified atom stereocenters. The summed E-state index contributed by atoms with van der Waals surface area (Å²) >= 11 is 7.12. The third-order valence-electron chi connectivity index (χ3n) is 9.10. The van der Waals surface area contributed by atoms with Gasteiger partial charge < -0.3 is 20.1 Å². The lowest BCUT2D eigenvalue weighted by molar-refractivity contribution is -0.191. The van der Waals surface area contributed by atoms with Gasteiger partial charge in [0, 0.05) is 23.7 Å². The molecule has 0 bridgehead atoms. The summed E-state index contributed by atoms with van der Waals surface area (Å²) in [5, 5.41) is 33.9. The zero-order valence-electron chi connectivity index (χ0n) is 19.0. The number of ether oxygens (including phenoxy) is 1. The molecule has 7 nitrogen and oxygen atoms in total. The number of rotatable bonds is 3. The number of hydrogen-bond acceptors (Lipinski definition) is 7. The quantitative estimate of drug-likeness (QED) is 0.411. The van der Waals surface area contributed by atoms with Crippen molar-refractivity contribution in [3.8, 4) is 0 Å². The number of fused-ring (bicyclic) bond motifs is 5. The van der Waals surface area contributed by atoms with E-state index in [4.69, 9.17) is 16.3 Å². The molecule has 0 aromatic heterocycles. The number of aliphatic hydroxyl groups excluding tert-OH is 2. The van der Waals surface area contributed by atoms with Crippen molar-refractivity contribution in [2.24, 2.45) is 28.6 Å². The third-order valence-corrected chi connectivity index (χ3v) is 9.98. The lowest BCUT2D eigenvalue weighted by atomic mass is 9.44. The van der Waals surface area contributed by atoms with Crippen LogP contribution in [0.15, 0.2) is 23.8 Å². The van der Waals surface area contributed by atoms with Crippen molar-refractivity contribution in [2.75, 3.05) is 6.61 Å². The minimum atomic E-state index is -2.02. The number of alkyl halides is 2. The second kappa shape index (κ2) is 7.44. The van der Waals surface area contributed by atoms with Crippen molar-refractivity contribution in [2.45, 2.75) is 69.4 Å². The van der Waals surface area contributed by atoms with Gasteiger partial charge in [0.05, 0.1) is 11.0 Å². The van der Waals surface area contributed by atoms with E-state index in [9.17, 15) is 29.7 Å². The first-order valence-electron chi connectivity index (χ1n) is 11.2. The van der Waals surface area contributed by atoms with Crippen LogP contribution in [0.25, 0.3) is 0 Å². The summed E-state index contributed by atoms with van der Waals surface area (Å²) in [6.07, 6.45) is -0.831. The summed E-state index contributed by atoms with van der Waals surface area (Å²) in [6, 6.07) is 0. The smallest absolute Gasteiger partial charge is 0.303 e. The minimum Gasteiger partial charge on any atom is -0.458 e. The molecule has 3 saturated carbocycles. The van der Waals surface area contributed by atoms with Crippen LogP contribution in [-0.2, 0) is 19.1 Å². The number of esters is 1. The molecule has 3 fully saturated rings. The normalized spacial score (nSPS) is 50.7. The number of carbonyl (C=O) groups excluding carboxylic acids is 3. The van der Waals surface area contributed by atoms with Crippen LogP contribution in [0.2, 0.25) is 0 Å². The van der Waals surface area contributed by atoms with Crippen molar-refractivity contribution in [1.29, 1.82) is 0 Å². The maximum atomic E-state index is 16.3. The molecule has 9 heteroatoms. The Labute approximate surface area is 196 Å². The van der Waals surface area contributed by atoms with Crippen LogP contribution in [0.5, 0.6) is 0 Å². The molecular weight excluding hydrogens is 455 g/mol. The van der Waals surface area contributed by atoms with Crippen LogP contribution < -0.4 is 0 Å². The Bertz CT molecular complexity index is 980. The molecule has 0 aromatic carbocycles. The molecule has 4 aliphatic rings. The van der Waals surface area contributed by atoms with Gasteiger partial charge in [0.2, 0.25) is 5.78 Å². The second-order valence-corrected chi connectivity index (χ2v) is 11.2. The number of aliphatic hydroxyl groups is 3. The number of allylic oxidation sites excluding steroid dienone is 3. The lowest BCUT2D eigenvalue weighted by Crippen LogP contribution is -2.73. The van der Waals surface area contributed by atoms with E-state index in [-0.39, 0.29) is 24.2 Å². The summed E-state index contributed by atoms with van der Waals surface area (Å²) in [5.74, 6) is -4.09. The van der Waals surface area contributed by atoms with Gasteiger partial charge in [-0.3, -0.25) is 14.4 Å². The largest absolute Gasteiger partial charge is 0.458 e. The zero-order valence-corrected chi connectivity index (χ0v) is 19.8. The first-order chi connectivity index (χ1) is 15.2.